The van der Waals surface area contributed by atoms with E-state index in [2.05, 4.69) is 69.7 Å². The van der Waals surface area contributed by atoms with Crippen molar-refractivity contribution in [2.45, 2.75) is 78.6 Å². The predicted octanol–water partition coefficient (Wildman–Crippen LogP) is 6.61. The summed E-state index contributed by atoms with van der Waals surface area (Å²) in [6.07, 6.45) is 7.85. The second-order valence-corrected chi connectivity index (χ2v) is 6.48. The van der Waals surface area contributed by atoms with Gasteiger partial charge in [0, 0.05) is 6.42 Å². The molecule has 1 nitrogen and oxygen atoms in total. The number of rotatable bonds is 7. The largest absolute Gasteiger partial charge is 0.247 e. The highest BCUT2D eigenvalue weighted by molar-refractivity contribution is 5.82. The van der Waals surface area contributed by atoms with Crippen LogP contribution in [0, 0.1) is 11.8 Å². The zero-order valence-corrected chi connectivity index (χ0v) is 14.9. The molecule has 0 fully saturated rings. The molecule has 1 rings (SSSR count). The van der Waals surface area contributed by atoms with Crippen molar-refractivity contribution in [3.63, 3.8) is 0 Å². The molecule has 0 atom stereocenters. The molecule has 0 radical (unpaired) electrons. The second kappa shape index (κ2) is 10.2. The zero-order valence-electron chi connectivity index (χ0n) is 14.9. The molecular weight excluding hydrogens is 266 g/mol. The van der Waals surface area contributed by atoms with Gasteiger partial charge in [-0.3, -0.25) is 0 Å². The van der Waals surface area contributed by atoms with Crippen LogP contribution >= 0.6 is 0 Å². The van der Waals surface area contributed by atoms with Crippen LogP contribution in [0.15, 0.2) is 23.2 Å². The summed E-state index contributed by atoms with van der Waals surface area (Å²) in [7, 11) is 0. The number of hydrogen-bond acceptors (Lipinski definition) is 1. The molecule has 22 heavy (non-hydrogen) atoms. The van der Waals surface area contributed by atoms with E-state index in [1.807, 2.05) is 0 Å². The van der Waals surface area contributed by atoms with E-state index in [0.717, 1.165) is 12.1 Å². The van der Waals surface area contributed by atoms with Crippen LogP contribution in [-0.4, -0.2) is 6.21 Å². The van der Waals surface area contributed by atoms with Crippen LogP contribution in [-0.2, 0) is 0 Å². The van der Waals surface area contributed by atoms with Crippen LogP contribution in [0.2, 0.25) is 0 Å². The summed E-state index contributed by atoms with van der Waals surface area (Å²) < 4.78 is 0. The summed E-state index contributed by atoms with van der Waals surface area (Å²) in [6.45, 7) is 11.1. The van der Waals surface area contributed by atoms with Crippen LogP contribution < -0.4 is 0 Å². The Morgan fingerprint density at radius 3 is 2.18 bits per heavy atom. The van der Waals surface area contributed by atoms with E-state index in [9.17, 15) is 0 Å². The fourth-order valence-corrected chi connectivity index (χ4v) is 2.52. The first-order valence-corrected chi connectivity index (χ1v) is 8.71. The normalized spacial score (nSPS) is 11.2. The number of para-hydroxylation sites is 1. The number of unbranched alkanes of at least 4 members (excludes halogenated alkanes) is 4. The third kappa shape index (κ3) is 6.06. The van der Waals surface area contributed by atoms with Crippen LogP contribution in [0.4, 0.5) is 5.69 Å². The Morgan fingerprint density at radius 2 is 1.64 bits per heavy atom. The van der Waals surface area contributed by atoms with Gasteiger partial charge < -0.3 is 0 Å². The van der Waals surface area contributed by atoms with Crippen molar-refractivity contribution >= 4 is 11.9 Å². The molecule has 1 heteroatoms. The molecule has 1 aromatic rings. The maximum absolute atomic E-state index is 4.68. The summed E-state index contributed by atoms with van der Waals surface area (Å²) in [5, 5.41) is 0. The standard InChI is InChI=1S/C21H31N/c1-6-7-8-9-10-11-12-16-22-21-19(17(2)3)14-13-15-20(21)18(4)5/h13-18H,6-10H2,1-5H3. The van der Waals surface area contributed by atoms with Crippen LogP contribution in [0.5, 0.6) is 0 Å². The van der Waals surface area contributed by atoms with Gasteiger partial charge in [0.1, 0.15) is 0 Å². The van der Waals surface area contributed by atoms with Crippen molar-refractivity contribution in [1.29, 1.82) is 0 Å². The minimum Gasteiger partial charge on any atom is -0.247 e. The molecule has 0 heterocycles. The molecule has 0 unspecified atom stereocenters. The maximum Gasteiger partial charge on any atom is 0.0773 e. The average Bonchev–Trinajstić information content (AvgIpc) is 2.49. The molecule has 0 saturated heterocycles. The minimum absolute atomic E-state index is 0.479. The average molecular weight is 297 g/mol. The van der Waals surface area contributed by atoms with Crippen molar-refractivity contribution in [2.75, 3.05) is 0 Å². The molecule has 0 N–H and O–H groups in total. The van der Waals surface area contributed by atoms with E-state index in [0.29, 0.717) is 11.8 Å². The summed E-state index contributed by atoms with van der Waals surface area (Å²) in [5.41, 5.74) is 3.74. The lowest BCUT2D eigenvalue weighted by molar-refractivity contribution is 0.680. The Hall–Kier alpha value is -1.55. The van der Waals surface area contributed by atoms with Crippen LogP contribution in [0.1, 0.15) is 89.7 Å². The van der Waals surface area contributed by atoms with Crippen molar-refractivity contribution in [3.8, 4) is 11.8 Å². The first-order chi connectivity index (χ1) is 10.6. The van der Waals surface area contributed by atoms with Gasteiger partial charge in [0.05, 0.1) is 11.9 Å². The van der Waals surface area contributed by atoms with Crippen LogP contribution in [0.25, 0.3) is 0 Å². The third-order valence-electron chi connectivity index (χ3n) is 3.86. The van der Waals surface area contributed by atoms with Gasteiger partial charge in [-0.25, -0.2) is 4.99 Å². The lowest BCUT2D eigenvalue weighted by Gasteiger charge is -2.15. The smallest absolute Gasteiger partial charge is 0.0773 e. The first kappa shape index (κ1) is 18.5. The monoisotopic (exact) mass is 297 g/mol. The molecule has 0 spiro atoms. The fraction of sp³-hybridized carbons (Fsp3) is 0.571. The first-order valence-electron chi connectivity index (χ1n) is 8.71. The van der Waals surface area contributed by atoms with E-state index in [1.54, 1.807) is 6.21 Å². The zero-order chi connectivity index (χ0) is 16.4. The third-order valence-corrected chi connectivity index (χ3v) is 3.86. The highest BCUT2D eigenvalue weighted by Crippen LogP contribution is 2.34. The summed E-state index contributed by atoms with van der Waals surface area (Å²) in [4.78, 5) is 4.68. The van der Waals surface area contributed by atoms with Gasteiger partial charge in [0.15, 0.2) is 0 Å². The maximum atomic E-state index is 4.68. The van der Waals surface area contributed by atoms with E-state index in [4.69, 9.17) is 0 Å². The molecule has 0 aliphatic carbocycles. The van der Waals surface area contributed by atoms with Gasteiger partial charge in [-0.1, -0.05) is 83.9 Å². The highest BCUT2D eigenvalue weighted by atomic mass is 14.7. The molecule has 0 saturated carbocycles. The number of nitrogens with zero attached hydrogens (tertiary/aromatic N) is 1. The van der Waals surface area contributed by atoms with E-state index in [1.165, 1.54) is 36.8 Å². The van der Waals surface area contributed by atoms with Gasteiger partial charge in [0.2, 0.25) is 0 Å². The Labute approximate surface area is 137 Å². The molecule has 1 aromatic carbocycles. The molecule has 0 aromatic heterocycles. The minimum atomic E-state index is 0.479. The predicted molar refractivity (Wildman–Crippen MR) is 99.3 cm³/mol. The van der Waals surface area contributed by atoms with Crippen molar-refractivity contribution in [1.82, 2.24) is 0 Å². The van der Waals surface area contributed by atoms with Crippen molar-refractivity contribution in [3.05, 3.63) is 29.3 Å². The molecule has 0 aliphatic rings. The number of benzene rings is 1. The van der Waals surface area contributed by atoms with Crippen molar-refractivity contribution < 1.29 is 0 Å². The lowest BCUT2D eigenvalue weighted by atomic mass is 9.93. The summed E-state index contributed by atoms with van der Waals surface area (Å²) in [5.74, 6) is 7.27. The summed E-state index contributed by atoms with van der Waals surface area (Å²) in [6, 6.07) is 6.51. The number of hydrogen-bond donors (Lipinski definition) is 0. The Kier molecular flexibility index (Phi) is 8.60. The molecule has 0 bridgehead atoms. The second-order valence-electron chi connectivity index (χ2n) is 6.48. The fourth-order valence-electron chi connectivity index (χ4n) is 2.52. The quantitative estimate of drug-likeness (QED) is 0.305. The van der Waals surface area contributed by atoms with E-state index < -0.39 is 0 Å². The topological polar surface area (TPSA) is 12.4 Å². The summed E-state index contributed by atoms with van der Waals surface area (Å²) >= 11 is 0. The molecule has 0 aliphatic heterocycles. The van der Waals surface area contributed by atoms with E-state index >= 15 is 0 Å². The highest BCUT2D eigenvalue weighted by Gasteiger charge is 2.12. The van der Waals surface area contributed by atoms with Gasteiger partial charge >= 0.3 is 0 Å². The van der Waals surface area contributed by atoms with Gasteiger partial charge in [0.25, 0.3) is 0 Å². The van der Waals surface area contributed by atoms with Gasteiger partial charge in [-0.15, -0.1) is 0 Å². The molecular formula is C21H31N. The lowest BCUT2D eigenvalue weighted by Crippen LogP contribution is -1.95. The van der Waals surface area contributed by atoms with Crippen LogP contribution in [0.3, 0.4) is 0 Å². The Bertz CT molecular complexity index is 500. The Morgan fingerprint density at radius 1 is 1.00 bits per heavy atom. The van der Waals surface area contributed by atoms with Gasteiger partial charge in [-0.2, -0.15) is 0 Å². The van der Waals surface area contributed by atoms with Crippen molar-refractivity contribution in [2.24, 2.45) is 4.99 Å². The van der Waals surface area contributed by atoms with Gasteiger partial charge in [-0.05, 0) is 29.4 Å². The molecule has 120 valence electrons. The Balaban J connectivity index is 2.79. The number of aliphatic imine (C=N–C) groups is 1. The SMILES string of the molecule is CCCCCCC#CC=Nc1c(C(C)C)cccc1C(C)C. The van der Waals surface area contributed by atoms with E-state index in [-0.39, 0.29) is 0 Å². The molecule has 0 amide bonds.